The van der Waals surface area contributed by atoms with Gasteiger partial charge in [-0.2, -0.15) is 8.42 Å². The quantitative estimate of drug-likeness (QED) is 0.558. The lowest BCUT2D eigenvalue weighted by Gasteiger charge is -2.32. The third-order valence-electron chi connectivity index (χ3n) is 5.02. The van der Waals surface area contributed by atoms with E-state index in [9.17, 15) is 8.42 Å². The number of fused-ring (bicyclic) bond motifs is 1. The van der Waals surface area contributed by atoms with Gasteiger partial charge in [-0.1, -0.05) is 12.2 Å². The molecule has 4 aliphatic rings. The Labute approximate surface area is 113 Å². The summed E-state index contributed by atoms with van der Waals surface area (Å²) in [4.78, 5) is 0. The second kappa shape index (κ2) is 3.81. The fourth-order valence-corrected chi connectivity index (χ4v) is 5.29. The summed E-state index contributed by atoms with van der Waals surface area (Å²) in [5, 5.41) is 0. The van der Waals surface area contributed by atoms with Crippen LogP contribution in [0, 0.1) is 23.7 Å². The highest BCUT2D eigenvalue weighted by molar-refractivity contribution is 7.86. The zero-order chi connectivity index (χ0) is 13.3. The largest absolute Gasteiger partial charge is 0.347 e. The first-order valence-electron chi connectivity index (χ1n) is 6.83. The van der Waals surface area contributed by atoms with Crippen LogP contribution in [-0.4, -0.2) is 39.8 Å². The van der Waals surface area contributed by atoms with Crippen molar-refractivity contribution in [3.05, 3.63) is 12.2 Å². The van der Waals surface area contributed by atoms with Crippen LogP contribution < -0.4 is 0 Å². The van der Waals surface area contributed by atoms with Gasteiger partial charge in [0.1, 0.15) is 0 Å². The molecule has 0 aromatic heterocycles. The molecular weight excluding hydrogens is 268 g/mol. The van der Waals surface area contributed by atoms with Crippen molar-refractivity contribution in [2.45, 2.75) is 24.7 Å². The third kappa shape index (κ3) is 1.73. The van der Waals surface area contributed by atoms with Crippen LogP contribution in [0.3, 0.4) is 0 Å². The molecular formula is C13H18O5S. The summed E-state index contributed by atoms with van der Waals surface area (Å²) in [7, 11) is -3.44. The van der Waals surface area contributed by atoms with Crippen LogP contribution in [0.4, 0.5) is 0 Å². The highest BCUT2D eigenvalue weighted by Gasteiger charge is 2.66. The van der Waals surface area contributed by atoms with E-state index in [1.54, 1.807) is 0 Å². The molecule has 1 heterocycles. The maximum atomic E-state index is 11.5. The maximum Gasteiger partial charge on any atom is 0.264 e. The first-order chi connectivity index (χ1) is 8.99. The van der Waals surface area contributed by atoms with Crippen LogP contribution in [0.15, 0.2) is 12.2 Å². The Morgan fingerprint density at radius 3 is 2.58 bits per heavy atom. The van der Waals surface area contributed by atoms with Crippen molar-refractivity contribution < 1.29 is 22.1 Å². The summed E-state index contributed by atoms with van der Waals surface area (Å²) in [5.74, 6) is 0.708. The molecule has 0 bridgehead atoms. The molecule has 1 spiro atoms. The van der Waals surface area contributed by atoms with Crippen LogP contribution in [0.25, 0.3) is 0 Å². The Morgan fingerprint density at radius 1 is 1.21 bits per heavy atom. The molecule has 4 rings (SSSR count). The van der Waals surface area contributed by atoms with Crippen molar-refractivity contribution in [1.82, 2.24) is 0 Å². The molecule has 0 aromatic rings. The SMILES string of the molecule is CS(=O)(=O)O[C@@H]1C[C@@H]2C=C[C@H]3CC4(OCCO4)[C@H]1[C@H]23. The lowest BCUT2D eigenvalue weighted by atomic mass is 9.90. The smallest absolute Gasteiger partial charge is 0.264 e. The van der Waals surface area contributed by atoms with Gasteiger partial charge < -0.3 is 9.47 Å². The van der Waals surface area contributed by atoms with Crippen molar-refractivity contribution in [2.24, 2.45) is 23.7 Å². The number of ether oxygens (including phenoxy) is 2. The molecule has 0 aromatic carbocycles. The summed E-state index contributed by atoms with van der Waals surface area (Å²) >= 11 is 0. The molecule has 106 valence electrons. The van der Waals surface area contributed by atoms with E-state index in [2.05, 4.69) is 12.2 Å². The van der Waals surface area contributed by atoms with Gasteiger partial charge in [0.2, 0.25) is 0 Å². The molecule has 5 nitrogen and oxygen atoms in total. The molecule has 19 heavy (non-hydrogen) atoms. The second-order valence-electron chi connectivity index (χ2n) is 6.10. The normalized spacial score (nSPS) is 46.3. The maximum absolute atomic E-state index is 11.5. The number of allylic oxidation sites excluding steroid dienone is 2. The van der Waals surface area contributed by atoms with Gasteiger partial charge in [0.05, 0.1) is 25.6 Å². The van der Waals surface area contributed by atoms with E-state index in [4.69, 9.17) is 13.7 Å². The summed E-state index contributed by atoms with van der Waals surface area (Å²) in [6.45, 7) is 1.19. The fourth-order valence-electron chi connectivity index (χ4n) is 4.64. The van der Waals surface area contributed by atoms with Gasteiger partial charge in [-0.25, -0.2) is 0 Å². The van der Waals surface area contributed by atoms with Gasteiger partial charge in [-0.05, 0) is 24.2 Å². The zero-order valence-corrected chi connectivity index (χ0v) is 11.6. The monoisotopic (exact) mass is 286 g/mol. The topological polar surface area (TPSA) is 61.8 Å². The van der Waals surface area contributed by atoms with Crippen LogP contribution in [0.5, 0.6) is 0 Å². The second-order valence-corrected chi connectivity index (χ2v) is 7.70. The minimum atomic E-state index is -3.44. The summed E-state index contributed by atoms with van der Waals surface area (Å²) < 4.78 is 40.0. The Hall–Kier alpha value is -0.430. The fraction of sp³-hybridized carbons (Fsp3) is 0.846. The highest BCUT2D eigenvalue weighted by atomic mass is 32.2. The minimum absolute atomic E-state index is 0.0368. The third-order valence-corrected chi connectivity index (χ3v) is 5.61. The van der Waals surface area contributed by atoms with E-state index >= 15 is 0 Å². The zero-order valence-electron chi connectivity index (χ0n) is 10.8. The summed E-state index contributed by atoms with van der Waals surface area (Å²) in [6, 6.07) is 0. The average molecular weight is 286 g/mol. The Balaban J connectivity index is 1.70. The minimum Gasteiger partial charge on any atom is -0.347 e. The lowest BCUT2D eigenvalue weighted by molar-refractivity contribution is -0.198. The predicted molar refractivity (Wildman–Crippen MR) is 66.7 cm³/mol. The molecule has 5 atom stereocenters. The van der Waals surface area contributed by atoms with Crippen LogP contribution in [0.2, 0.25) is 0 Å². The highest BCUT2D eigenvalue weighted by Crippen LogP contribution is 2.62. The number of hydrogen-bond acceptors (Lipinski definition) is 5. The van der Waals surface area contributed by atoms with Crippen LogP contribution in [-0.2, 0) is 23.8 Å². The van der Waals surface area contributed by atoms with Crippen molar-refractivity contribution in [3.63, 3.8) is 0 Å². The molecule has 3 fully saturated rings. The standard InChI is InChI=1S/C13H18O5S/c1-19(14,15)18-10-6-8-2-3-9-7-13(12(10)11(8)9)16-4-5-17-13/h2-3,8-12H,4-7H2,1H3/t8-,9-,10+,11+,12+/m0/s1. The van der Waals surface area contributed by atoms with Crippen molar-refractivity contribution in [3.8, 4) is 0 Å². The molecule has 2 saturated carbocycles. The molecule has 0 amide bonds. The van der Waals surface area contributed by atoms with Gasteiger partial charge in [0, 0.05) is 12.3 Å². The summed E-state index contributed by atoms with van der Waals surface area (Å²) in [6.07, 6.45) is 6.86. The van der Waals surface area contributed by atoms with E-state index in [0.29, 0.717) is 31.0 Å². The Morgan fingerprint density at radius 2 is 1.89 bits per heavy atom. The van der Waals surface area contributed by atoms with Crippen molar-refractivity contribution >= 4 is 10.1 Å². The number of hydrogen-bond donors (Lipinski definition) is 0. The lowest BCUT2D eigenvalue weighted by Crippen LogP contribution is -2.42. The first-order valence-corrected chi connectivity index (χ1v) is 8.65. The molecule has 0 N–H and O–H groups in total. The summed E-state index contributed by atoms with van der Waals surface area (Å²) in [5.41, 5.74) is 0. The van der Waals surface area contributed by atoms with Gasteiger partial charge in [0.15, 0.2) is 5.79 Å². The molecule has 1 aliphatic heterocycles. The Bertz CT molecular complexity index is 519. The molecule has 0 radical (unpaired) electrons. The van der Waals surface area contributed by atoms with Gasteiger partial charge in [0.25, 0.3) is 10.1 Å². The van der Waals surface area contributed by atoms with E-state index in [1.807, 2.05) is 0 Å². The van der Waals surface area contributed by atoms with E-state index in [1.165, 1.54) is 0 Å². The van der Waals surface area contributed by atoms with E-state index in [0.717, 1.165) is 19.1 Å². The van der Waals surface area contributed by atoms with Crippen LogP contribution in [0.1, 0.15) is 12.8 Å². The number of rotatable bonds is 2. The van der Waals surface area contributed by atoms with E-state index < -0.39 is 15.9 Å². The van der Waals surface area contributed by atoms with Crippen molar-refractivity contribution in [1.29, 1.82) is 0 Å². The molecule has 3 aliphatic carbocycles. The molecule has 6 heteroatoms. The predicted octanol–water partition coefficient (Wildman–Crippen LogP) is 0.916. The first kappa shape index (κ1) is 12.3. The van der Waals surface area contributed by atoms with Gasteiger partial charge in [-0.3, -0.25) is 4.18 Å². The van der Waals surface area contributed by atoms with Crippen molar-refractivity contribution in [2.75, 3.05) is 19.5 Å². The molecule has 0 unspecified atom stereocenters. The van der Waals surface area contributed by atoms with Gasteiger partial charge >= 0.3 is 0 Å². The Kier molecular flexibility index (Phi) is 2.47. The molecule has 1 saturated heterocycles. The van der Waals surface area contributed by atoms with Gasteiger partial charge in [-0.15, -0.1) is 0 Å². The van der Waals surface area contributed by atoms with E-state index in [-0.39, 0.29) is 12.0 Å². The van der Waals surface area contributed by atoms with Crippen LogP contribution >= 0.6 is 0 Å². The average Bonchev–Trinajstić information content (AvgIpc) is 2.97.